The third-order valence-corrected chi connectivity index (χ3v) is 5.53. The van der Waals surface area contributed by atoms with E-state index in [1.165, 1.54) is 32.1 Å². The minimum Gasteiger partial charge on any atom is -0.376 e. The Morgan fingerprint density at radius 2 is 2.17 bits per heavy atom. The van der Waals surface area contributed by atoms with Crippen LogP contribution in [0.3, 0.4) is 0 Å². The summed E-state index contributed by atoms with van der Waals surface area (Å²) in [6.45, 7) is 0.683. The summed E-state index contributed by atoms with van der Waals surface area (Å²) in [5.74, 6) is 2.99. The molecule has 4 heteroatoms. The summed E-state index contributed by atoms with van der Waals surface area (Å²) >= 11 is 1.92. The smallest absolute Gasteiger partial charge is 0.220 e. The monoisotopic (exact) mass is 271 g/mol. The SMILES string of the molecule is COC1(CNC(=O)CC2CCCCC2)CCSC1. The van der Waals surface area contributed by atoms with Gasteiger partial charge in [0.25, 0.3) is 0 Å². The van der Waals surface area contributed by atoms with Gasteiger partial charge in [0.1, 0.15) is 0 Å². The summed E-state index contributed by atoms with van der Waals surface area (Å²) < 4.78 is 5.60. The van der Waals surface area contributed by atoms with E-state index in [1.54, 1.807) is 7.11 Å². The highest BCUT2D eigenvalue weighted by atomic mass is 32.2. The average Bonchev–Trinajstić information content (AvgIpc) is 2.87. The van der Waals surface area contributed by atoms with Gasteiger partial charge < -0.3 is 10.1 Å². The molecule has 2 fully saturated rings. The van der Waals surface area contributed by atoms with Crippen LogP contribution in [-0.4, -0.2) is 36.7 Å². The Morgan fingerprint density at radius 3 is 2.78 bits per heavy atom. The van der Waals surface area contributed by atoms with Gasteiger partial charge in [0.05, 0.1) is 5.60 Å². The number of methoxy groups -OCH3 is 1. The van der Waals surface area contributed by atoms with Crippen LogP contribution >= 0.6 is 11.8 Å². The number of thioether (sulfide) groups is 1. The molecule has 0 aromatic carbocycles. The van der Waals surface area contributed by atoms with Crippen LogP contribution in [0.1, 0.15) is 44.9 Å². The van der Waals surface area contributed by atoms with Gasteiger partial charge in [0.2, 0.25) is 5.91 Å². The molecule has 1 aliphatic heterocycles. The molecule has 0 radical (unpaired) electrons. The second kappa shape index (κ2) is 6.80. The summed E-state index contributed by atoms with van der Waals surface area (Å²) in [7, 11) is 1.76. The summed E-state index contributed by atoms with van der Waals surface area (Å²) in [6, 6.07) is 0. The van der Waals surface area contributed by atoms with E-state index in [4.69, 9.17) is 4.74 Å². The summed E-state index contributed by atoms with van der Waals surface area (Å²) in [5, 5.41) is 3.09. The van der Waals surface area contributed by atoms with E-state index in [0.717, 1.165) is 17.9 Å². The van der Waals surface area contributed by atoms with Gasteiger partial charge in [-0.3, -0.25) is 4.79 Å². The fraction of sp³-hybridized carbons (Fsp3) is 0.929. The lowest BCUT2D eigenvalue weighted by Gasteiger charge is -2.27. The van der Waals surface area contributed by atoms with Gasteiger partial charge in [-0.25, -0.2) is 0 Å². The zero-order chi connectivity index (χ0) is 12.8. The Labute approximate surface area is 114 Å². The quantitative estimate of drug-likeness (QED) is 0.835. The molecule has 1 aliphatic carbocycles. The molecule has 2 aliphatic rings. The normalized spacial score (nSPS) is 29.4. The molecule has 1 amide bonds. The number of carbonyl (C=O) groups excluding carboxylic acids is 1. The Kier molecular flexibility index (Phi) is 5.37. The molecule has 104 valence electrons. The van der Waals surface area contributed by atoms with Gasteiger partial charge >= 0.3 is 0 Å². The maximum Gasteiger partial charge on any atom is 0.220 e. The molecule has 1 saturated carbocycles. The van der Waals surface area contributed by atoms with Crippen molar-refractivity contribution in [2.75, 3.05) is 25.2 Å². The molecule has 1 N–H and O–H groups in total. The molecule has 0 aromatic rings. The van der Waals surface area contributed by atoms with Crippen LogP contribution in [0.2, 0.25) is 0 Å². The van der Waals surface area contributed by atoms with Crippen LogP contribution in [0.25, 0.3) is 0 Å². The van der Waals surface area contributed by atoms with Crippen LogP contribution in [0.5, 0.6) is 0 Å². The summed E-state index contributed by atoms with van der Waals surface area (Å²) in [5.41, 5.74) is -0.104. The van der Waals surface area contributed by atoms with Crippen molar-refractivity contribution in [2.45, 2.75) is 50.5 Å². The maximum absolute atomic E-state index is 12.0. The molecular formula is C14H25NO2S. The fourth-order valence-corrected chi connectivity index (χ4v) is 4.34. The second-order valence-electron chi connectivity index (χ2n) is 5.67. The van der Waals surface area contributed by atoms with Crippen molar-refractivity contribution in [1.82, 2.24) is 5.32 Å². The van der Waals surface area contributed by atoms with Crippen molar-refractivity contribution in [3.8, 4) is 0 Å². The van der Waals surface area contributed by atoms with Gasteiger partial charge in [-0.05, 0) is 30.9 Å². The Hall–Kier alpha value is -0.220. The zero-order valence-corrected chi connectivity index (χ0v) is 12.2. The van der Waals surface area contributed by atoms with E-state index in [0.29, 0.717) is 18.9 Å². The number of nitrogens with one attached hydrogen (secondary N) is 1. The van der Waals surface area contributed by atoms with Gasteiger partial charge in [-0.1, -0.05) is 19.3 Å². The standard InChI is InChI=1S/C14H25NO2S/c1-17-14(7-8-18-11-14)10-15-13(16)9-12-5-3-2-4-6-12/h12H,2-11H2,1H3,(H,15,16). The Morgan fingerprint density at radius 1 is 1.39 bits per heavy atom. The molecule has 18 heavy (non-hydrogen) atoms. The number of hydrogen-bond donors (Lipinski definition) is 1. The minimum atomic E-state index is -0.104. The molecule has 1 atom stereocenters. The topological polar surface area (TPSA) is 38.3 Å². The van der Waals surface area contributed by atoms with Gasteiger partial charge in [-0.15, -0.1) is 0 Å². The van der Waals surface area contributed by atoms with Crippen LogP contribution in [-0.2, 0) is 9.53 Å². The van der Waals surface area contributed by atoms with Crippen molar-refractivity contribution >= 4 is 17.7 Å². The van der Waals surface area contributed by atoms with E-state index in [2.05, 4.69) is 5.32 Å². The number of hydrogen-bond acceptors (Lipinski definition) is 3. The first kappa shape index (κ1) is 14.2. The van der Waals surface area contributed by atoms with Gasteiger partial charge in [-0.2, -0.15) is 11.8 Å². The van der Waals surface area contributed by atoms with E-state index in [9.17, 15) is 4.79 Å². The zero-order valence-electron chi connectivity index (χ0n) is 11.4. The molecule has 1 saturated heterocycles. The summed E-state index contributed by atoms with van der Waals surface area (Å²) in [4.78, 5) is 12.0. The van der Waals surface area contributed by atoms with Crippen LogP contribution < -0.4 is 5.32 Å². The molecular weight excluding hydrogens is 246 g/mol. The lowest BCUT2D eigenvalue weighted by atomic mass is 9.87. The number of amides is 1. The second-order valence-corrected chi connectivity index (χ2v) is 6.78. The first-order valence-electron chi connectivity index (χ1n) is 7.14. The van der Waals surface area contributed by atoms with Crippen molar-refractivity contribution in [2.24, 2.45) is 5.92 Å². The highest BCUT2D eigenvalue weighted by Crippen LogP contribution is 2.30. The van der Waals surface area contributed by atoms with Crippen molar-refractivity contribution < 1.29 is 9.53 Å². The predicted octanol–water partition coefficient (Wildman–Crippen LogP) is 2.60. The number of carbonyl (C=O) groups is 1. The molecule has 1 heterocycles. The van der Waals surface area contributed by atoms with Crippen molar-refractivity contribution in [3.63, 3.8) is 0 Å². The lowest BCUT2D eigenvalue weighted by molar-refractivity contribution is -0.123. The predicted molar refractivity (Wildman–Crippen MR) is 75.9 cm³/mol. The van der Waals surface area contributed by atoms with Gasteiger partial charge in [0, 0.05) is 25.8 Å². The molecule has 0 bridgehead atoms. The van der Waals surface area contributed by atoms with E-state index in [-0.39, 0.29) is 11.5 Å². The van der Waals surface area contributed by atoms with E-state index < -0.39 is 0 Å². The first-order chi connectivity index (χ1) is 8.74. The third-order valence-electron chi connectivity index (χ3n) is 4.31. The number of rotatable bonds is 5. The third kappa shape index (κ3) is 3.89. The summed E-state index contributed by atoms with van der Waals surface area (Å²) in [6.07, 6.45) is 8.19. The largest absolute Gasteiger partial charge is 0.376 e. The Balaban J connectivity index is 1.70. The lowest BCUT2D eigenvalue weighted by Crippen LogP contribution is -2.44. The van der Waals surface area contributed by atoms with Crippen LogP contribution in [0, 0.1) is 5.92 Å². The average molecular weight is 271 g/mol. The van der Waals surface area contributed by atoms with Crippen molar-refractivity contribution in [1.29, 1.82) is 0 Å². The fourth-order valence-electron chi connectivity index (χ4n) is 2.95. The van der Waals surface area contributed by atoms with Gasteiger partial charge in [0.15, 0.2) is 0 Å². The highest BCUT2D eigenvalue weighted by molar-refractivity contribution is 7.99. The Bertz CT molecular complexity index is 271. The minimum absolute atomic E-state index is 0.104. The van der Waals surface area contributed by atoms with E-state index in [1.807, 2.05) is 11.8 Å². The molecule has 2 rings (SSSR count). The molecule has 0 spiro atoms. The van der Waals surface area contributed by atoms with Crippen LogP contribution in [0.15, 0.2) is 0 Å². The molecule has 1 unspecified atom stereocenters. The number of ether oxygens (including phenoxy) is 1. The van der Waals surface area contributed by atoms with E-state index >= 15 is 0 Å². The maximum atomic E-state index is 12.0. The van der Waals surface area contributed by atoms with Crippen molar-refractivity contribution in [3.05, 3.63) is 0 Å². The molecule has 0 aromatic heterocycles. The molecule has 3 nitrogen and oxygen atoms in total. The van der Waals surface area contributed by atoms with Crippen LogP contribution in [0.4, 0.5) is 0 Å². The first-order valence-corrected chi connectivity index (χ1v) is 8.29. The highest BCUT2D eigenvalue weighted by Gasteiger charge is 2.34.